The molecule has 0 aliphatic heterocycles. The fraction of sp³-hybridized carbons (Fsp3) is 0.789. The molecular weight excluding hydrogens is 274 g/mol. The van der Waals surface area contributed by atoms with Gasteiger partial charge in [-0.3, -0.25) is 0 Å². The van der Waals surface area contributed by atoms with Crippen LogP contribution in [0.1, 0.15) is 76.0 Å². The quantitative estimate of drug-likeness (QED) is 0.298. The zero-order chi connectivity index (χ0) is 15.4. The van der Waals surface area contributed by atoms with E-state index in [-0.39, 0.29) is 0 Å². The van der Waals surface area contributed by atoms with Gasteiger partial charge in [-0.2, -0.15) is 0 Å². The van der Waals surface area contributed by atoms with Crippen molar-refractivity contribution in [3.8, 4) is 0 Å². The summed E-state index contributed by atoms with van der Waals surface area (Å²) < 4.78 is 1.14. The number of unbranched alkanes of at least 4 members (excludes halogenated alkanes) is 9. The molecule has 1 aromatic heterocycles. The molecule has 122 valence electrons. The van der Waals surface area contributed by atoms with Gasteiger partial charge in [0.05, 0.1) is 25.5 Å². The van der Waals surface area contributed by atoms with Crippen LogP contribution in [0.2, 0.25) is 0 Å². The third-order valence-electron chi connectivity index (χ3n) is 4.28. The van der Waals surface area contributed by atoms with Gasteiger partial charge in [0.2, 0.25) is 0 Å². The summed E-state index contributed by atoms with van der Waals surface area (Å²) >= 11 is 1.89. The fourth-order valence-electron chi connectivity index (χ4n) is 2.93. The SMILES string of the molecule is CCCCCCCCCCCC[N+](C)(C)Cc1cccs1. The third-order valence-corrected chi connectivity index (χ3v) is 5.14. The first-order chi connectivity index (χ1) is 10.1. The molecule has 0 N–H and O–H groups in total. The van der Waals surface area contributed by atoms with Gasteiger partial charge in [-0.25, -0.2) is 0 Å². The van der Waals surface area contributed by atoms with Crippen molar-refractivity contribution in [1.29, 1.82) is 0 Å². The van der Waals surface area contributed by atoms with E-state index in [0.29, 0.717) is 0 Å². The van der Waals surface area contributed by atoms with Crippen LogP contribution in [-0.2, 0) is 6.54 Å². The zero-order valence-corrected chi connectivity index (χ0v) is 15.4. The molecule has 0 spiro atoms. The Morgan fingerprint density at radius 3 is 1.95 bits per heavy atom. The lowest BCUT2D eigenvalue weighted by Crippen LogP contribution is -2.39. The third kappa shape index (κ3) is 10.1. The molecule has 0 bridgehead atoms. The van der Waals surface area contributed by atoms with Crippen LogP contribution >= 0.6 is 11.3 Å². The van der Waals surface area contributed by atoms with E-state index in [9.17, 15) is 0 Å². The van der Waals surface area contributed by atoms with Gasteiger partial charge in [0.25, 0.3) is 0 Å². The minimum absolute atomic E-state index is 1.14. The van der Waals surface area contributed by atoms with Gasteiger partial charge in [0.15, 0.2) is 0 Å². The molecule has 0 aliphatic carbocycles. The maximum absolute atomic E-state index is 2.37. The van der Waals surface area contributed by atoms with Crippen LogP contribution in [0.25, 0.3) is 0 Å². The van der Waals surface area contributed by atoms with Crippen LogP contribution < -0.4 is 0 Å². The first-order valence-corrected chi connectivity index (χ1v) is 9.86. The number of hydrogen-bond acceptors (Lipinski definition) is 1. The standard InChI is InChI=1S/C19H36NS/c1-4-5-6-7-8-9-10-11-12-13-16-20(2,3)18-19-15-14-17-21-19/h14-15,17H,4-13,16,18H2,1-3H3/q+1. The summed E-state index contributed by atoms with van der Waals surface area (Å²) in [5.74, 6) is 0. The highest BCUT2D eigenvalue weighted by Gasteiger charge is 2.15. The number of quaternary nitrogens is 1. The Hall–Kier alpha value is -0.340. The average molecular weight is 311 g/mol. The molecule has 0 aliphatic rings. The lowest BCUT2D eigenvalue weighted by atomic mass is 10.1. The van der Waals surface area contributed by atoms with E-state index in [2.05, 4.69) is 38.5 Å². The van der Waals surface area contributed by atoms with Crippen molar-refractivity contribution in [3.05, 3.63) is 22.4 Å². The molecule has 0 atom stereocenters. The Morgan fingerprint density at radius 1 is 0.857 bits per heavy atom. The van der Waals surface area contributed by atoms with E-state index < -0.39 is 0 Å². The molecule has 0 saturated heterocycles. The van der Waals surface area contributed by atoms with Gasteiger partial charge < -0.3 is 4.48 Å². The number of nitrogens with zero attached hydrogens (tertiary/aromatic N) is 1. The smallest absolute Gasteiger partial charge is 0.113 e. The maximum atomic E-state index is 2.37. The number of hydrogen-bond donors (Lipinski definition) is 0. The molecule has 1 rings (SSSR count). The number of thiophene rings is 1. The second kappa shape index (κ2) is 11.3. The van der Waals surface area contributed by atoms with E-state index in [4.69, 9.17) is 0 Å². The predicted molar refractivity (Wildman–Crippen MR) is 96.8 cm³/mol. The summed E-state index contributed by atoms with van der Waals surface area (Å²) in [5.41, 5.74) is 0. The summed E-state index contributed by atoms with van der Waals surface area (Å²) in [6, 6.07) is 4.43. The summed E-state index contributed by atoms with van der Waals surface area (Å²) in [6.45, 7) is 4.79. The summed E-state index contributed by atoms with van der Waals surface area (Å²) in [6.07, 6.45) is 14.3. The molecule has 1 nitrogen and oxygen atoms in total. The molecule has 1 aromatic rings. The minimum Gasteiger partial charge on any atom is -0.324 e. The van der Waals surface area contributed by atoms with Crippen LogP contribution in [0.3, 0.4) is 0 Å². The Morgan fingerprint density at radius 2 is 1.43 bits per heavy atom. The van der Waals surface area contributed by atoms with Crippen molar-refractivity contribution in [1.82, 2.24) is 0 Å². The van der Waals surface area contributed by atoms with Gasteiger partial charge in [-0.05, 0) is 24.3 Å². The summed E-state index contributed by atoms with van der Waals surface area (Å²) in [5, 5.41) is 2.19. The molecule has 21 heavy (non-hydrogen) atoms. The average Bonchev–Trinajstić information content (AvgIpc) is 2.93. The van der Waals surface area contributed by atoms with Crippen molar-refractivity contribution in [2.45, 2.75) is 77.7 Å². The zero-order valence-electron chi connectivity index (χ0n) is 14.6. The van der Waals surface area contributed by atoms with E-state index in [1.54, 1.807) is 0 Å². The topological polar surface area (TPSA) is 0 Å². The molecule has 1 heterocycles. The van der Waals surface area contributed by atoms with Gasteiger partial charge >= 0.3 is 0 Å². The molecule has 0 radical (unpaired) electrons. The lowest BCUT2D eigenvalue weighted by Gasteiger charge is -2.29. The molecule has 0 fully saturated rings. The van der Waals surface area contributed by atoms with E-state index in [1.165, 1.54) is 82.2 Å². The van der Waals surface area contributed by atoms with Crippen molar-refractivity contribution < 1.29 is 4.48 Å². The summed E-state index contributed by atoms with van der Waals surface area (Å²) in [7, 11) is 4.74. The van der Waals surface area contributed by atoms with Gasteiger partial charge in [-0.1, -0.05) is 64.4 Å². The van der Waals surface area contributed by atoms with E-state index >= 15 is 0 Å². The second-order valence-electron chi connectivity index (χ2n) is 7.08. The largest absolute Gasteiger partial charge is 0.324 e. The van der Waals surface area contributed by atoms with Gasteiger partial charge in [0, 0.05) is 0 Å². The second-order valence-corrected chi connectivity index (χ2v) is 8.11. The minimum atomic E-state index is 1.14. The highest BCUT2D eigenvalue weighted by atomic mass is 32.1. The fourth-order valence-corrected chi connectivity index (χ4v) is 3.84. The van der Waals surface area contributed by atoms with Crippen LogP contribution in [0.5, 0.6) is 0 Å². The van der Waals surface area contributed by atoms with E-state index in [0.717, 1.165) is 4.48 Å². The normalized spacial score (nSPS) is 12.0. The molecule has 0 saturated carbocycles. The van der Waals surface area contributed by atoms with Gasteiger partial charge in [-0.15, -0.1) is 11.3 Å². The molecule has 0 aromatic carbocycles. The van der Waals surface area contributed by atoms with Crippen molar-refractivity contribution in [2.24, 2.45) is 0 Å². The first-order valence-electron chi connectivity index (χ1n) is 8.98. The van der Waals surface area contributed by atoms with Crippen LogP contribution in [0.15, 0.2) is 17.5 Å². The predicted octanol–water partition coefficient (Wildman–Crippen LogP) is 6.25. The lowest BCUT2D eigenvalue weighted by molar-refractivity contribution is -0.903. The van der Waals surface area contributed by atoms with Gasteiger partial charge in [0.1, 0.15) is 6.54 Å². The Kier molecular flexibility index (Phi) is 10.0. The monoisotopic (exact) mass is 310 g/mol. The summed E-state index contributed by atoms with van der Waals surface area (Å²) in [4.78, 5) is 1.52. The van der Waals surface area contributed by atoms with Crippen LogP contribution in [-0.4, -0.2) is 25.1 Å². The first kappa shape index (κ1) is 18.7. The van der Waals surface area contributed by atoms with Crippen LogP contribution in [0, 0.1) is 0 Å². The Labute approximate surface area is 137 Å². The highest BCUT2D eigenvalue weighted by molar-refractivity contribution is 7.09. The highest BCUT2D eigenvalue weighted by Crippen LogP contribution is 2.16. The van der Waals surface area contributed by atoms with Crippen molar-refractivity contribution >= 4 is 11.3 Å². The molecule has 2 heteroatoms. The van der Waals surface area contributed by atoms with E-state index in [1.807, 2.05) is 11.3 Å². The molecule has 0 amide bonds. The van der Waals surface area contributed by atoms with Crippen molar-refractivity contribution in [3.63, 3.8) is 0 Å². The Balaban J connectivity index is 1.93. The van der Waals surface area contributed by atoms with Crippen LogP contribution in [0.4, 0.5) is 0 Å². The Bertz CT molecular complexity index is 329. The molecular formula is C19H36NS+. The molecule has 0 unspecified atom stereocenters. The maximum Gasteiger partial charge on any atom is 0.113 e. The van der Waals surface area contributed by atoms with Crippen molar-refractivity contribution in [2.75, 3.05) is 20.6 Å². The number of rotatable bonds is 13.